The molecule has 0 bridgehead atoms. The minimum Gasteiger partial charge on any atom is -0.476 e. The minimum atomic E-state index is 0.0154. The average molecular weight is 1460 g/mol. The van der Waals surface area contributed by atoms with Crippen molar-refractivity contribution in [1.82, 2.24) is 19.9 Å². The van der Waals surface area contributed by atoms with E-state index in [2.05, 4.69) is 117 Å². The zero-order chi connectivity index (χ0) is 76.1. The van der Waals surface area contributed by atoms with E-state index in [9.17, 15) is 19.2 Å². The number of ether oxygens (including phenoxy) is 4. The van der Waals surface area contributed by atoms with E-state index in [-0.39, 0.29) is 69.0 Å². The molecule has 108 heavy (non-hydrogen) atoms. The van der Waals surface area contributed by atoms with Crippen molar-refractivity contribution in [2.24, 2.45) is 47.3 Å². The molecule has 4 aromatic carbocycles. The van der Waals surface area contributed by atoms with Gasteiger partial charge in [0.15, 0.2) is 0 Å². The molecule has 8 aliphatic rings. The Morgan fingerprint density at radius 1 is 0.287 bits per heavy atom. The molecule has 4 aliphatic carbocycles. The van der Waals surface area contributed by atoms with Crippen LogP contribution in [0.5, 0.6) is 23.5 Å². The summed E-state index contributed by atoms with van der Waals surface area (Å²) in [7, 11) is 0. The SMILES string of the molecule is Cc1ccc(NC(=O)[C@@H](C)C2CCC3(CC2)COc2nc(C)ccc23)cc1.Cc1ccc(NC(=O)[C@@H](C)C2CCC3(CC2)COc2nc(C)ccc23)cc1.Cc1ccc(NC(=O)[C@H](C)C2CCC3(CC2)COc2nc(C)ccc23)cc1.Cc1ccc(NC(=O)[C@H](C)C2CCC3(CC2)COc2nc(C)ccc23)cc1. The summed E-state index contributed by atoms with van der Waals surface area (Å²) in [5.41, 5.74) is 17.8. The predicted molar refractivity (Wildman–Crippen MR) is 428 cm³/mol. The van der Waals surface area contributed by atoms with E-state index in [1.165, 1.54) is 44.5 Å². The van der Waals surface area contributed by atoms with Crippen molar-refractivity contribution in [1.29, 1.82) is 0 Å². The van der Waals surface area contributed by atoms with Crippen molar-refractivity contribution >= 4 is 46.4 Å². The normalized spacial score (nSPS) is 24.9. The molecule has 0 radical (unpaired) electrons. The van der Waals surface area contributed by atoms with Crippen LogP contribution in [0.1, 0.15) is 198 Å². The van der Waals surface area contributed by atoms with E-state index < -0.39 is 0 Å². The first-order valence-electron chi connectivity index (χ1n) is 39.8. The Labute approximate surface area is 639 Å². The topological polar surface area (TPSA) is 205 Å². The van der Waals surface area contributed by atoms with E-state index in [0.717, 1.165) is 198 Å². The van der Waals surface area contributed by atoms with Crippen LogP contribution in [-0.4, -0.2) is 70.0 Å². The fourth-order valence-corrected chi connectivity index (χ4v) is 18.2. The predicted octanol–water partition coefficient (Wildman–Crippen LogP) is 19.2. The maximum absolute atomic E-state index is 12.7. The highest BCUT2D eigenvalue weighted by molar-refractivity contribution is 5.94. The van der Waals surface area contributed by atoms with Crippen LogP contribution in [0.15, 0.2) is 146 Å². The lowest BCUT2D eigenvalue weighted by Gasteiger charge is -2.38. The second kappa shape index (κ2) is 32.8. The van der Waals surface area contributed by atoms with Gasteiger partial charge in [0.05, 0.1) is 26.4 Å². The van der Waals surface area contributed by atoms with Crippen LogP contribution >= 0.6 is 0 Å². The van der Waals surface area contributed by atoms with Gasteiger partial charge in [-0.05, 0) is 255 Å². The van der Waals surface area contributed by atoms with Gasteiger partial charge in [0.1, 0.15) is 0 Å². The van der Waals surface area contributed by atoms with Crippen LogP contribution in [0.25, 0.3) is 0 Å². The number of fused-ring (bicyclic) bond motifs is 8. The molecule has 4 aromatic heterocycles. The second-order valence-electron chi connectivity index (χ2n) is 33.4. The fraction of sp³-hybridized carbons (Fsp3) is 0.478. The van der Waals surface area contributed by atoms with Crippen molar-refractivity contribution in [2.45, 2.75) is 207 Å². The van der Waals surface area contributed by atoms with E-state index in [0.29, 0.717) is 23.7 Å². The molecule has 4 fully saturated rings. The van der Waals surface area contributed by atoms with Crippen LogP contribution in [0, 0.1) is 103 Å². The molecule has 16 heteroatoms. The number of aryl methyl sites for hydroxylation is 8. The minimum absolute atomic E-state index is 0.0154. The number of nitrogens with zero attached hydrogens (tertiary/aromatic N) is 4. The standard InChI is InChI=1S/4C23H28N2O2/c4*1-15-4-7-19(8-5-15)25-21(26)17(3)18-10-12-23(13-11-18)14-27-22-20(23)9-6-16(2)24-22/h4*4-9,17-18H,10-14H2,1-3H3,(H,25,26)/t4*17-,18?,23?/m1100/s1. The maximum Gasteiger partial charge on any atom is 0.227 e. The number of hydrogen-bond acceptors (Lipinski definition) is 12. The van der Waals surface area contributed by atoms with Crippen LogP contribution < -0.4 is 40.2 Å². The summed E-state index contributed by atoms with van der Waals surface area (Å²) in [6.07, 6.45) is 17.0. The van der Waals surface area contributed by atoms with Crippen molar-refractivity contribution < 1.29 is 38.1 Å². The summed E-state index contributed by atoms with van der Waals surface area (Å²) >= 11 is 0. The Bertz CT molecular complexity index is 3920. The van der Waals surface area contributed by atoms with Crippen LogP contribution in [0.4, 0.5) is 22.7 Å². The van der Waals surface area contributed by atoms with Crippen LogP contribution in [0.3, 0.4) is 0 Å². The largest absolute Gasteiger partial charge is 0.476 e. The van der Waals surface area contributed by atoms with E-state index in [4.69, 9.17) is 18.9 Å². The lowest BCUT2D eigenvalue weighted by atomic mass is 9.66. The number of hydrogen-bond donors (Lipinski definition) is 4. The molecule has 4 aliphatic heterocycles. The number of nitrogens with one attached hydrogen (secondary N) is 4. The molecule has 4 spiro atoms. The first-order chi connectivity index (χ1) is 51.9. The highest BCUT2D eigenvalue weighted by atomic mass is 16.5. The zero-order valence-electron chi connectivity index (χ0n) is 65.7. The van der Waals surface area contributed by atoms with Gasteiger partial charge in [-0.3, -0.25) is 19.2 Å². The molecule has 8 heterocycles. The third-order valence-electron chi connectivity index (χ3n) is 25.9. The third kappa shape index (κ3) is 17.2. The van der Waals surface area contributed by atoms with Gasteiger partial charge in [0.2, 0.25) is 47.1 Å². The van der Waals surface area contributed by atoms with Crippen molar-refractivity contribution in [3.05, 3.63) is 213 Å². The van der Waals surface area contributed by atoms with Crippen LogP contribution in [0.2, 0.25) is 0 Å². The summed E-state index contributed by atoms with van der Waals surface area (Å²) in [6, 6.07) is 49.1. The molecule has 4 saturated carbocycles. The number of pyridine rings is 4. The number of aromatic nitrogens is 4. The molecular weight excluding hydrogens is 1350 g/mol. The van der Waals surface area contributed by atoms with Gasteiger partial charge in [-0.1, -0.05) is 123 Å². The Morgan fingerprint density at radius 2 is 0.463 bits per heavy atom. The molecule has 4 N–H and O–H groups in total. The second-order valence-corrected chi connectivity index (χ2v) is 33.4. The Balaban J connectivity index is 0.000000127. The van der Waals surface area contributed by atoms with Crippen molar-refractivity contribution in [3.63, 3.8) is 0 Å². The molecule has 16 nitrogen and oxygen atoms in total. The van der Waals surface area contributed by atoms with Gasteiger partial charge in [-0.2, -0.15) is 0 Å². The van der Waals surface area contributed by atoms with Gasteiger partial charge in [-0.25, -0.2) is 19.9 Å². The van der Waals surface area contributed by atoms with Gasteiger partial charge < -0.3 is 40.2 Å². The summed E-state index contributed by atoms with van der Waals surface area (Å²) in [5, 5.41) is 12.3. The Hall–Kier alpha value is -9.44. The lowest BCUT2D eigenvalue weighted by molar-refractivity contribution is -0.122. The molecule has 568 valence electrons. The van der Waals surface area contributed by atoms with Crippen molar-refractivity contribution in [3.8, 4) is 23.5 Å². The van der Waals surface area contributed by atoms with Gasteiger partial charge in [0.25, 0.3) is 0 Å². The molecule has 4 atom stereocenters. The van der Waals surface area contributed by atoms with Gasteiger partial charge >= 0.3 is 0 Å². The highest BCUT2D eigenvalue weighted by Crippen LogP contribution is 2.54. The first kappa shape index (κ1) is 76.7. The van der Waals surface area contributed by atoms with Gasteiger partial charge in [-0.15, -0.1) is 0 Å². The quantitative estimate of drug-likeness (QED) is 0.0902. The molecule has 4 amide bonds. The Kier molecular flexibility index (Phi) is 23.3. The summed E-state index contributed by atoms with van der Waals surface area (Å²) in [5.74, 6) is 5.51. The Morgan fingerprint density at radius 3 is 0.639 bits per heavy atom. The highest BCUT2D eigenvalue weighted by Gasteiger charge is 2.50. The smallest absolute Gasteiger partial charge is 0.227 e. The average Bonchev–Trinajstić information content (AvgIpc) is 1.62. The summed E-state index contributed by atoms with van der Waals surface area (Å²) in [4.78, 5) is 69.0. The monoisotopic (exact) mass is 1460 g/mol. The van der Waals surface area contributed by atoms with Crippen molar-refractivity contribution in [2.75, 3.05) is 47.7 Å². The summed E-state index contributed by atoms with van der Waals surface area (Å²) < 4.78 is 23.7. The summed E-state index contributed by atoms with van der Waals surface area (Å²) in [6.45, 7) is 27.4. The first-order valence-corrected chi connectivity index (χ1v) is 39.8. The van der Waals surface area contributed by atoms with E-state index >= 15 is 0 Å². The molecular formula is C92H112N8O8. The third-order valence-corrected chi connectivity index (χ3v) is 25.9. The fourth-order valence-electron chi connectivity index (χ4n) is 18.2. The zero-order valence-corrected chi connectivity index (χ0v) is 65.7. The van der Waals surface area contributed by atoms with Gasteiger partial charge in [0, 0.05) is 113 Å². The number of carbonyl (C=O) groups is 4. The molecule has 16 rings (SSSR count). The van der Waals surface area contributed by atoms with E-state index in [1.54, 1.807) is 0 Å². The number of benzene rings is 4. The number of rotatable bonds is 12. The number of anilines is 4. The molecule has 0 saturated heterocycles. The maximum atomic E-state index is 12.7. The number of amides is 4. The molecule has 8 aromatic rings. The van der Waals surface area contributed by atoms with E-state index in [1.807, 2.05) is 152 Å². The lowest BCUT2D eigenvalue weighted by Crippen LogP contribution is -2.37. The number of carbonyl (C=O) groups excluding carboxylic acids is 4. The molecule has 0 unspecified atom stereocenters. The van der Waals surface area contributed by atoms with Crippen LogP contribution in [-0.2, 0) is 40.8 Å².